The lowest BCUT2D eigenvalue weighted by Gasteiger charge is -2.29. The highest BCUT2D eigenvalue weighted by Crippen LogP contribution is 2.51. The van der Waals surface area contributed by atoms with E-state index in [2.05, 4.69) is 0 Å². The minimum Gasteiger partial charge on any atom is -0.388 e. The van der Waals surface area contributed by atoms with E-state index in [1.165, 1.54) is 6.07 Å². The van der Waals surface area contributed by atoms with E-state index in [0.717, 1.165) is 6.07 Å². The van der Waals surface area contributed by atoms with Crippen LogP contribution < -0.4 is 0 Å². The topological polar surface area (TPSA) is 20.2 Å². The third-order valence-electron chi connectivity index (χ3n) is 2.97. The standard InChI is InChI=1S/C13H13F7O/c1-7(2)10(21)8-4-3-5-9(6-8)11(14,15)12(16,17)13(18,19)20/h3-7,10,21H,1-2H3. The van der Waals surface area contributed by atoms with Crippen LogP contribution in [0.1, 0.15) is 31.1 Å². The minimum atomic E-state index is -6.39. The van der Waals surface area contributed by atoms with E-state index in [0.29, 0.717) is 12.1 Å². The van der Waals surface area contributed by atoms with Crippen LogP contribution in [-0.4, -0.2) is 17.2 Å². The number of halogens is 7. The molecule has 1 atom stereocenters. The first-order valence-electron chi connectivity index (χ1n) is 5.93. The number of aliphatic hydroxyl groups is 1. The van der Waals surface area contributed by atoms with Gasteiger partial charge in [-0.15, -0.1) is 0 Å². The molecule has 8 heteroatoms. The molecule has 1 unspecified atom stereocenters. The summed E-state index contributed by atoms with van der Waals surface area (Å²) in [6.07, 6.45) is -7.64. The third-order valence-corrected chi connectivity index (χ3v) is 2.97. The van der Waals surface area contributed by atoms with Gasteiger partial charge in [-0.1, -0.05) is 32.0 Å². The molecule has 0 saturated heterocycles. The van der Waals surface area contributed by atoms with Gasteiger partial charge in [0.1, 0.15) is 0 Å². The minimum absolute atomic E-state index is 0.153. The molecule has 1 aromatic carbocycles. The van der Waals surface area contributed by atoms with E-state index < -0.39 is 35.6 Å². The molecule has 0 radical (unpaired) electrons. The highest BCUT2D eigenvalue weighted by molar-refractivity contribution is 5.30. The molecule has 0 aromatic heterocycles. The molecule has 0 aliphatic heterocycles. The maximum Gasteiger partial charge on any atom is 0.460 e. The van der Waals surface area contributed by atoms with E-state index >= 15 is 0 Å². The SMILES string of the molecule is CC(C)C(O)c1cccc(C(F)(F)C(F)(F)C(F)(F)F)c1. The maximum atomic E-state index is 13.5. The Morgan fingerprint density at radius 1 is 0.952 bits per heavy atom. The summed E-state index contributed by atoms with van der Waals surface area (Å²) < 4.78 is 89.3. The Bertz CT molecular complexity index is 494. The predicted molar refractivity (Wildman–Crippen MR) is 61.1 cm³/mol. The molecule has 1 N–H and O–H groups in total. The second-order valence-corrected chi connectivity index (χ2v) is 4.96. The smallest absolute Gasteiger partial charge is 0.388 e. The molecule has 0 heterocycles. The molecule has 0 aliphatic carbocycles. The molecule has 0 spiro atoms. The second kappa shape index (κ2) is 5.47. The molecule has 0 aliphatic rings. The molecule has 1 rings (SSSR count). The van der Waals surface area contributed by atoms with Crippen LogP contribution in [0.5, 0.6) is 0 Å². The number of aliphatic hydroxyl groups excluding tert-OH is 1. The summed E-state index contributed by atoms with van der Waals surface area (Å²) in [4.78, 5) is 0. The van der Waals surface area contributed by atoms with Gasteiger partial charge in [0.2, 0.25) is 0 Å². The van der Waals surface area contributed by atoms with Crippen molar-refractivity contribution in [3.05, 3.63) is 35.4 Å². The highest BCUT2D eigenvalue weighted by Gasteiger charge is 2.73. The van der Waals surface area contributed by atoms with Crippen LogP contribution in [0, 0.1) is 5.92 Å². The quantitative estimate of drug-likeness (QED) is 0.800. The van der Waals surface area contributed by atoms with Crippen molar-refractivity contribution in [2.24, 2.45) is 5.92 Å². The summed E-state index contributed by atoms with van der Waals surface area (Å²) in [5.74, 6) is -12.1. The van der Waals surface area contributed by atoms with Crippen molar-refractivity contribution < 1.29 is 35.8 Å². The molecule has 120 valence electrons. The van der Waals surface area contributed by atoms with Gasteiger partial charge in [0, 0.05) is 5.56 Å². The van der Waals surface area contributed by atoms with Crippen LogP contribution in [0.3, 0.4) is 0 Å². The van der Waals surface area contributed by atoms with Gasteiger partial charge >= 0.3 is 18.0 Å². The molecule has 0 bridgehead atoms. The van der Waals surface area contributed by atoms with E-state index in [1.54, 1.807) is 13.8 Å². The van der Waals surface area contributed by atoms with E-state index in [-0.39, 0.29) is 5.56 Å². The van der Waals surface area contributed by atoms with Gasteiger partial charge in [0.05, 0.1) is 6.10 Å². The first-order chi connectivity index (χ1) is 9.32. The molecular formula is C13H13F7O. The largest absolute Gasteiger partial charge is 0.460 e. The van der Waals surface area contributed by atoms with E-state index in [1.807, 2.05) is 0 Å². The van der Waals surface area contributed by atoms with Crippen molar-refractivity contribution in [3.8, 4) is 0 Å². The lowest BCUT2D eigenvalue weighted by atomic mass is 9.94. The fourth-order valence-corrected chi connectivity index (χ4v) is 1.66. The second-order valence-electron chi connectivity index (χ2n) is 4.96. The molecule has 0 fully saturated rings. The average Bonchev–Trinajstić information content (AvgIpc) is 2.36. The summed E-state index contributed by atoms with van der Waals surface area (Å²) in [7, 11) is 0. The molecule has 0 amide bonds. The normalized spacial score (nSPS) is 15.4. The first-order valence-corrected chi connectivity index (χ1v) is 5.93. The fourth-order valence-electron chi connectivity index (χ4n) is 1.66. The summed E-state index contributed by atoms with van der Waals surface area (Å²) in [5.41, 5.74) is -1.65. The van der Waals surface area contributed by atoms with Crippen molar-refractivity contribution in [1.29, 1.82) is 0 Å². The Labute approximate surface area is 116 Å². The summed E-state index contributed by atoms with van der Waals surface area (Å²) >= 11 is 0. The van der Waals surface area contributed by atoms with Gasteiger partial charge in [0.15, 0.2) is 0 Å². The van der Waals surface area contributed by atoms with Crippen LogP contribution in [0.2, 0.25) is 0 Å². The van der Waals surface area contributed by atoms with Crippen molar-refractivity contribution >= 4 is 0 Å². The molecule has 1 aromatic rings. The first kappa shape index (κ1) is 17.7. The van der Waals surface area contributed by atoms with E-state index in [9.17, 15) is 35.8 Å². The van der Waals surface area contributed by atoms with Crippen LogP contribution >= 0.6 is 0 Å². The Morgan fingerprint density at radius 3 is 1.90 bits per heavy atom. The van der Waals surface area contributed by atoms with Gasteiger partial charge in [-0.2, -0.15) is 30.7 Å². The zero-order valence-corrected chi connectivity index (χ0v) is 11.1. The maximum absolute atomic E-state index is 13.5. The zero-order chi connectivity index (χ0) is 16.6. The van der Waals surface area contributed by atoms with Gasteiger partial charge in [-0.3, -0.25) is 0 Å². The number of benzene rings is 1. The summed E-state index contributed by atoms with van der Waals surface area (Å²) in [6, 6.07) is 3.01. The fraction of sp³-hybridized carbons (Fsp3) is 0.538. The van der Waals surface area contributed by atoms with Crippen molar-refractivity contribution in [3.63, 3.8) is 0 Å². The van der Waals surface area contributed by atoms with Crippen molar-refractivity contribution in [2.75, 3.05) is 0 Å². The highest BCUT2D eigenvalue weighted by atomic mass is 19.4. The number of alkyl halides is 7. The lowest BCUT2D eigenvalue weighted by molar-refractivity contribution is -0.359. The summed E-state index contributed by atoms with van der Waals surface area (Å²) in [5, 5.41) is 9.70. The zero-order valence-electron chi connectivity index (χ0n) is 11.1. The van der Waals surface area contributed by atoms with Gasteiger partial charge < -0.3 is 5.11 Å². The molecule has 1 nitrogen and oxygen atoms in total. The number of hydrogen-bond acceptors (Lipinski definition) is 1. The lowest BCUT2D eigenvalue weighted by Crippen LogP contribution is -2.50. The van der Waals surface area contributed by atoms with Crippen LogP contribution in [0.4, 0.5) is 30.7 Å². The van der Waals surface area contributed by atoms with Crippen LogP contribution in [0.25, 0.3) is 0 Å². The van der Waals surface area contributed by atoms with Crippen LogP contribution in [-0.2, 0) is 5.92 Å². The van der Waals surface area contributed by atoms with Crippen LogP contribution in [0.15, 0.2) is 24.3 Å². The Balaban J connectivity index is 3.30. The number of rotatable bonds is 4. The number of hydrogen-bond donors (Lipinski definition) is 1. The Hall–Kier alpha value is -1.31. The Kier molecular flexibility index (Phi) is 4.62. The van der Waals surface area contributed by atoms with Gasteiger partial charge in [-0.25, -0.2) is 0 Å². The monoisotopic (exact) mass is 318 g/mol. The predicted octanol–water partition coefficient (Wildman–Crippen LogP) is 4.67. The molecule has 0 saturated carbocycles. The molecule has 21 heavy (non-hydrogen) atoms. The van der Waals surface area contributed by atoms with E-state index in [4.69, 9.17) is 0 Å². The average molecular weight is 318 g/mol. The van der Waals surface area contributed by atoms with Gasteiger partial charge in [-0.05, 0) is 17.5 Å². The van der Waals surface area contributed by atoms with Gasteiger partial charge in [0.25, 0.3) is 0 Å². The molecular weight excluding hydrogens is 305 g/mol. The summed E-state index contributed by atoms with van der Waals surface area (Å²) in [6.45, 7) is 3.08. The van der Waals surface area contributed by atoms with Crippen molar-refractivity contribution in [2.45, 2.75) is 38.0 Å². The Morgan fingerprint density at radius 2 is 1.48 bits per heavy atom. The van der Waals surface area contributed by atoms with Crippen molar-refractivity contribution in [1.82, 2.24) is 0 Å². The third kappa shape index (κ3) is 3.14.